The van der Waals surface area contributed by atoms with Gasteiger partial charge in [-0.05, 0) is 32.0 Å². The topological polar surface area (TPSA) is 94.3 Å². The number of carbonyl (C=O) groups is 1. The molecular weight excluding hydrogens is 310 g/mol. The third-order valence-electron chi connectivity index (χ3n) is 3.80. The highest BCUT2D eigenvalue weighted by atomic mass is 16.5. The Hall–Kier alpha value is -3.22. The molecule has 1 N–H and O–H groups in total. The van der Waals surface area contributed by atoms with Crippen LogP contribution in [0.4, 0.5) is 0 Å². The molecule has 0 unspecified atom stereocenters. The van der Waals surface area contributed by atoms with Crippen LogP contribution < -0.4 is 5.56 Å². The molecule has 0 aliphatic carbocycles. The summed E-state index contributed by atoms with van der Waals surface area (Å²) in [5.41, 5.74) is 0.818. The van der Waals surface area contributed by atoms with Crippen molar-refractivity contribution in [1.82, 2.24) is 14.5 Å². The molecule has 3 heterocycles. The minimum Gasteiger partial charge on any atom is -0.504 e. The molecule has 0 atom stereocenters. The number of methoxy groups -OCH3 is 1. The lowest BCUT2D eigenvalue weighted by atomic mass is 10.0. The molecule has 0 aromatic carbocycles. The highest BCUT2D eigenvalue weighted by Crippen LogP contribution is 2.23. The minimum absolute atomic E-state index is 0.115. The Labute approximate surface area is 137 Å². The molecule has 122 valence electrons. The molecule has 3 rings (SSSR count). The molecule has 0 fully saturated rings. The van der Waals surface area contributed by atoms with Crippen LogP contribution in [0.3, 0.4) is 0 Å². The molecule has 3 aromatic heterocycles. The summed E-state index contributed by atoms with van der Waals surface area (Å²) < 4.78 is 6.02. The quantitative estimate of drug-likeness (QED) is 0.723. The van der Waals surface area contributed by atoms with Crippen molar-refractivity contribution in [3.63, 3.8) is 0 Å². The number of aromatic hydroxyl groups is 1. The zero-order valence-corrected chi connectivity index (χ0v) is 13.4. The van der Waals surface area contributed by atoms with Gasteiger partial charge >= 0.3 is 5.97 Å². The maximum atomic E-state index is 12.9. The van der Waals surface area contributed by atoms with Crippen LogP contribution in [0.1, 0.15) is 21.7 Å². The number of ether oxygens (including phenoxy) is 1. The van der Waals surface area contributed by atoms with Crippen molar-refractivity contribution in [1.29, 1.82) is 0 Å². The number of fused-ring (bicyclic) bond motifs is 1. The summed E-state index contributed by atoms with van der Waals surface area (Å²) in [6.07, 6.45) is 2.95. The first-order valence-electron chi connectivity index (χ1n) is 7.21. The van der Waals surface area contributed by atoms with Gasteiger partial charge in [-0.15, -0.1) is 0 Å². The minimum atomic E-state index is -0.553. The van der Waals surface area contributed by atoms with Gasteiger partial charge in [-0.25, -0.2) is 9.78 Å². The Bertz CT molecular complexity index is 1020. The molecule has 0 radical (unpaired) electrons. The number of hydrogen-bond acceptors (Lipinski definition) is 6. The number of rotatable bonds is 2. The first-order valence-corrected chi connectivity index (χ1v) is 7.21. The molecule has 0 bridgehead atoms. The number of esters is 1. The molecule has 0 aliphatic heterocycles. The molecule has 3 aromatic rings. The van der Waals surface area contributed by atoms with Gasteiger partial charge in [0.2, 0.25) is 0 Å². The third-order valence-corrected chi connectivity index (χ3v) is 3.80. The highest BCUT2D eigenvalue weighted by molar-refractivity contribution is 6.05. The normalized spacial score (nSPS) is 10.8. The van der Waals surface area contributed by atoms with E-state index in [-0.39, 0.29) is 22.5 Å². The largest absolute Gasteiger partial charge is 0.504 e. The molecule has 0 spiro atoms. The summed E-state index contributed by atoms with van der Waals surface area (Å²) in [4.78, 5) is 33.3. The van der Waals surface area contributed by atoms with Crippen molar-refractivity contribution >= 4 is 16.7 Å². The smallest absolute Gasteiger partial charge is 0.340 e. The second-order valence-corrected chi connectivity index (χ2v) is 5.27. The van der Waals surface area contributed by atoms with E-state index < -0.39 is 11.5 Å². The van der Waals surface area contributed by atoms with E-state index in [1.165, 1.54) is 30.1 Å². The summed E-state index contributed by atoms with van der Waals surface area (Å²) >= 11 is 0. The molecule has 0 amide bonds. The van der Waals surface area contributed by atoms with Gasteiger partial charge in [-0.3, -0.25) is 14.3 Å². The van der Waals surface area contributed by atoms with E-state index in [9.17, 15) is 14.7 Å². The van der Waals surface area contributed by atoms with Gasteiger partial charge in [0.25, 0.3) is 5.56 Å². The van der Waals surface area contributed by atoms with Crippen LogP contribution >= 0.6 is 0 Å². The van der Waals surface area contributed by atoms with Crippen molar-refractivity contribution in [2.45, 2.75) is 13.8 Å². The van der Waals surface area contributed by atoms with Gasteiger partial charge in [-0.1, -0.05) is 0 Å². The van der Waals surface area contributed by atoms with Crippen molar-refractivity contribution in [2.75, 3.05) is 7.11 Å². The molecule has 7 nitrogen and oxygen atoms in total. The van der Waals surface area contributed by atoms with E-state index >= 15 is 0 Å². The molecule has 7 heteroatoms. The van der Waals surface area contributed by atoms with Crippen molar-refractivity contribution < 1.29 is 14.6 Å². The first-order chi connectivity index (χ1) is 11.5. The third kappa shape index (κ3) is 2.30. The monoisotopic (exact) mass is 325 g/mol. The van der Waals surface area contributed by atoms with Crippen LogP contribution in [0.2, 0.25) is 0 Å². The fourth-order valence-corrected chi connectivity index (χ4v) is 2.75. The van der Waals surface area contributed by atoms with Crippen LogP contribution in [0, 0.1) is 13.8 Å². The molecular formula is C17H15N3O4. The van der Waals surface area contributed by atoms with Crippen LogP contribution in [0.15, 0.2) is 35.4 Å². The van der Waals surface area contributed by atoms with Crippen LogP contribution in [-0.2, 0) is 4.74 Å². The highest BCUT2D eigenvalue weighted by Gasteiger charge is 2.20. The summed E-state index contributed by atoms with van der Waals surface area (Å²) in [6, 6.07) is 4.63. The SMILES string of the molecule is COC(=O)c1c(C)nc(C)c2c(=O)n(-c3ncccc3O)ccc12. The van der Waals surface area contributed by atoms with Gasteiger partial charge < -0.3 is 9.84 Å². The predicted molar refractivity (Wildman–Crippen MR) is 87.6 cm³/mol. The summed E-state index contributed by atoms with van der Waals surface area (Å²) in [6.45, 7) is 3.38. The van der Waals surface area contributed by atoms with Crippen molar-refractivity contribution in [3.05, 3.63) is 57.9 Å². The predicted octanol–water partition coefficient (Wildman–Crippen LogP) is 1.89. The average Bonchev–Trinajstić information content (AvgIpc) is 2.55. The van der Waals surface area contributed by atoms with E-state index in [2.05, 4.69) is 9.97 Å². The fourth-order valence-electron chi connectivity index (χ4n) is 2.75. The second kappa shape index (κ2) is 5.77. The van der Waals surface area contributed by atoms with Crippen LogP contribution in [0.25, 0.3) is 16.6 Å². The lowest BCUT2D eigenvalue weighted by Crippen LogP contribution is -2.21. The fraction of sp³-hybridized carbons (Fsp3) is 0.176. The Morgan fingerprint density at radius 2 is 2.00 bits per heavy atom. The van der Waals surface area contributed by atoms with Gasteiger partial charge in [-0.2, -0.15) is 0 Å². The number of aromatic nitrogens is 3. The van der Waals surface area contributed by atoms with Gasteiger partial charge in [0, 0.05) is 17.8 Å². The number of carbonyl (C=O) groups excluding carboxylic acids is 1. The van der Waals surface area contributed by atoms with Gasteiger partial charge in [0.05, 0.1) is 29.4 Å². The van der Waals surface area contributed by atoms with E-state index in [0.717, 1.165) is 0 Å². The summed E-state index contributed by atoms with van der Waals surface area (Å²) in [5, 5.41) is 10.7. The number of nitrogens with zero attached hydrogens (tertiary/aromatic N) is 3. The van der Waals surface area contributed by atoms with Gasteiger partial charge in [0.1, 0.15) is 0 Å². The Morgan fingerprint density at radius 3 is 2.67 bits per heavy atom. The first kappa shape index (κ1) is 15.7. The Morgan fingerprint density at radius 1 is 1.25 bits per heavy atom. The van der Waals surface area contributed by atoms with Crippen molar-refractivity contribution in [3.8, 4) is 11.6 Å². The zero-order chi connectivity index (χ0) is 17.4. The lowest BCUT2D eigenvalue weighted by Gasteiger charge is -2.12. The molecule has 0 aliphatic rings. The van der Waals surface area contributed by atoms with Gasteiger partial charge in [0.15, 0.2) is 11.6 Å². The van der Waals surface area contributed by atoms with E-state index in [1.54, 1.807) is 26.0 Å². The Balaban J connectivity index is 2.41. The lowest BCUT2D eigenvalue weighted by molar-refractivity contribution is 0.0601. The van der Waals surface area contributed by atoms with E-state index in [1.807, 2.05) is 0 Å². The summed E-state index contributed by atoms with van der Waals surface area (Å²) in [5.74, 6) is -0.559. The number of pyridine rings is 3. The van der Waals surface area contributed by atoms with Crippen molar-refractivity contribution in [2.24, 2.45) is 0 Å². The molecule has 0 saturated heterocycles. The average molecular weight is 325 g/mol. The standard InChI is InChI=1S/C17H15N3O4/c1-9-13-11(14(10(2)19-9)17(23)24-3)6-8-20(16(13)22)15-12(21)5-4-7-18-15/h4-8,21H,1-3H3. The zero-order valence-electron chi connectivity index (χ0n) is 13.4. The second-order valence-electron chi connectivity index (χ2n) is 5.27. The van der Waals surface area contributed by atoms with Crippen LogP contribution in [-0.4, -0.2) is 32.7 Å². The molecule has 0 saturated carbocycles. The van der Waals surface area contributed by atoms with E-state index in [4.69, 9.17) is 4.74 Å². The number of aryl methyl sites for hydroxylation is 2. The maximum absolute atomic E-state index is 12.9. The maximum Gasteiger partial charge on any atom is 0.340 e. The summed E-state index contributed by atoms with van der Waals surface area (Å²) in [7, 11) is 1.28. The Kier molecular flexibility index (Phi) is 3.76. The van der Waals surface area contributed by atoms with E-state index in [0.29, 0.717) is 16.8 Å². The molecule has 24 heavy (non-hydrogen) atoms. The van der Waals surface area contributed by atoms with Crippen LogP contribution in [0.5, 0.6) is 5.75 Å². The number of hydrogen-bond donors (Lipinski definition) is 1.